The smallest absolute Gasteiger partial charge is 0.416 e. The zero-order chi connectivity index (χ0) is 32.6. The van der Waals surface area contributed by atoms with E-state index in [0.29, 0.717) is 27.9 Å². The quantitative estimate of drug-likeness (QED) is 0.181. The Balaban J connectivity index is 1.41. The predicted octanol–water partition coefficient (Wildman–Crippen LogP) is 4.78. The second kappa shape index (κ2) is 14.4. The number of nitrogens with one attached hydrogen (secondary N) is 3. The number of amides is 2. The Bertz CT molecular complexity index is 1570. The second-order valence-corrected chi connectivity index (χ2v) is 10.5. The Morgan fingerprint density at radius 2 is 1.62 bits per heavy atom. The number of esters is 1. The molecule has 3 unspecified atom stereocenters. The molecule has 0 spiro atoms. The highest BCUT2D eigenvalue weighted by molar-refractivity contribution is 6.05. The van der Waals surface area contributed by atoms with E-state index in [1.807, 2.05) is 0 Å². The number of likely N-dealkylation sites (N-methyl/N-ethyl adjacent to an activating group) is 2. The van der Waals surface area contributed by atoms with Crippen molar-refractivity contribution in [1.29, 1.82) is 0 Å². The van der Waals surface area contributed by atoms with Crippen LogP contribution in [0, 0.1) is 0 Å². The maximum Gasteiger partial charge on any atom is 0.416 e. The zero-order valence-electron chi connectivity index (χ0n) is 24.7. The number of ether oxygens (including phenoxy) is 1. The molecular weight excluding hydrogens is 587 g/mol. The lowest BCUT2D eigenvalue weighted by Crippen LogP contribution is -2.59. The third kappa shape index (κ3) is 7.68. The first kappa shape index (κ1) is 33.2. The molecule has 0 saturated heterocycles. The van der Waals surface area contributed by atoms with Crippen molar-refractivity contribution in [3.8, 4) is 0 Å². The summed E-state index contributed by atoms with van der Waals surface area (Å²) in [7, 11) is 2.92. The second-order valence-electron chi connectivity index (χ2n) is 10.5. The van der Waals surface area contributed by atoms with Gasteiger partial charge in [0.25, 0.3) is 5.91 Å². The Kier molecular flexibility index (Phi) is 10.6. The Hall–Kier alpha value is -4.74. The minimum Gasteiger partial charge on any atom is -0.464 e. The lowest BCUT2D eigenvalue weighted by molar-refractivity contribution is -0.150. The molecule has 0 bridgehead atoms. The molecule has 4 rings (SSSR count). The molecule has 8 nitrogen and oxygen atoms in total. The molecule has 0 fully saturated rings. The van der Waals surface area contributed by atoms with Crippen molar-refractivity contribution in [1.82, 2.24) is 10.6 Å². The number of carbonyl (C=O) groups excluding carboxylic acids is 3. The van der Waals surface area contributed by atoms with Gasteiger partial charge >= 0.3 is 12.1 Å². The summed E-state index contributed by atoms with van der Waals surface area (Å²) < 4.78 is 44.6. The summed E-state index contributed by atoms with van der Waals surface area (Å²) in [5.74, 6) is -1.97. The molecule has 0 heterocycles. The van der Waals surface area contributed by atoms with Crippen LogP contribution < -0.4 is 16.0 Å². The van der Waals surface area contributed by atoms with Gasteiger partial charge in [0, 0.05) is 24.2 Å². The molecule has 45 heavy (non-hydrogen) atoms. The van der Waals surface area contributed by atoms with Gasteiger partial charge in [-0.05, 0) is 48.4 Å². The Morgan fingerprint density at radius 1 is 0.956 bits per heavy atom. The van der Waals surface area contributed by atoms with Crippen molar-refractivity contribution in [2.24, 2.45) is 0 Å². The van der Waals surface area contributed by atoms with Crippen molar-refractivity contribution in [3.63, 3.8) is 0 Å². The zero-order valence-corrected chi connectivity index (χ0v) is 24.7. The summed E-state index contributed by atoms with van der Waals surface area (Å²) in [5, 5.41) is 18.8. The van der Waals surface area contributed by atoms with Gasteiger partial charge in [-0.1, -0.05) is 78.9 Å². The van der Waals surface area contributed by atoms with Crippen LogP contribution >= 0.6 is 0 Å². The van der Waals surface area contributed by atoms with Crippen LogP contribution in [-0.2, 0) is 26.2 Å². The summed E-state index contributed by atoms with van der Waals surface area (Å²) in [6, 6.07) is 21.8. The number of carbonyl (C=O) groups is 3. The van der Waals surface area contributed by atoms with Crippen molar-refractivity contribution in [2.75, 3.05) is 26.0 Å². The summed E-state index contributed by atoms with van der Waals surface area (Å²) in [6.45, 7) is -0.422. The molecule has 1 aliphatic rings. The van der Waals surface area contributed by atoms with Gasteiger partial charge in [-0.2, -0.15) is 13.2 Å². The first-order chi connectivity index (χ1) is 21.5. The van der Waals surface area contributed by atoms with Gasteiger partial charge in [-0.15, -0.1) is 0 Å². The van der Waals surface area contributed by atoms with E-state index in [9.17, 15) is 32.7 Å². The molecule has 0 aromatic heterocycles. The number of halogens is 3. The van der Waals surface area contributed by atoms with Crippen LogP contribution in [0.3, 0.4) is 0 Å². The number of rotatable bonds is 11. The minimum absolute atomic E-state index is 0.115. The normalized spacial score (nSPS) is 16.6. The van der Waals surface area contributed by atoms with Crippen LogP contribution in [0.15, 0.2) is 103 Å². The van der Waals surface area contributed by atoms with Crippen molar-refractivity contribution in [2.45, 2.75) is 36.6 Å². The van der Waals surface area contributed by atoms with E-state index in [1.165, 1.54) is 20.2 Å². The minimum atomic E-state index is -4.42. The monoisotopic (exact) mass is 621 g/mol. The first-order valence-corrected chi connectivity index (χ1v) is 14.2. The molecule has 236 valence electrons. The molecule has 2 amide bonds. The van der Waals surface area contributed by atoms with Gasteiger partial charge in [0.1, 0.15) is 18.2 Å². The third-order valence-electron chi connectivity index (χ3n) is 7.71. The van der Waals surface area contributed by atoms with Crippen molar-refractivity contribution >= 4 is 23.5 Å². The van der Waals surface area contributed by atoms with Gasteiger partial charge in [0.15, 0.2) is 0 Å². The maximum absolute atomic E-state index is 13.2. The van der Waals surface area contributed by atoms with Gasteiger partial charge in [-0.25, -0.2) is 0 Å². The number of aliphatic hydroxyl groups is 1. The molecular formula is C34H34F3N3O5. The fourth-order valence-corrected chi connectivity index (χ4v) is 5.25. The number of benzene rings is 3. The standard InChI is InChI=1S/C34H34F3N3O5/c1-38-31(43)33(32(44)39-2,24-8-4-3-5-9-24)21-45-29(41)20-22-12-18-26(19-13-22)40-30(42)28-11-7-6-10-27(28)23-14-16-25(17-15-23)34(35,36)37/h3-14,16-19,23,31,38,43H,15,20-21H2,1-2H3,(H,39,44)(H,40,42). The van der Waals surface area contributed by atoms with Crippen LogP contribution in [0.2, 0.25) is 0 Å². The van der Waals surface area contributed by atoms with Crippen LogP contribution in [0.25, 0.3) is 0 Å². The molecule has 0 aliphatic heterocycles. The molecule has 0 saturated carbocycles. The molecule has 3 aromatic carbocycles. The van der Waals surface area contributed by atoms with Crippen molar-refractivity contribution < 1.29 is 37.4 Å². The average molecular weight is 622 g/mol. The van der Waals surface area contributed by atoms with Crippen LogP contribution in [-0.4, -0.2) is 56.0 Å². The number of alkyl halides is 3. The summed E-state index contributed by atoms with van der Waals surface area (Å²) in [6.07, 6.45) is -2.17. The summed E-state index contributed by atoms with van der Waals surface area (Å²) in [5.41, 5.74) is 0.127. The highest BCUT2D eigenvalue weighted by Gasteiger charge is 2.47. The first-order valence-electron chi connectivity index (χ1n) is 14.2. The van der Waals surface area contributed by atoms with Gasteiger partial charge in [0.05, 0.1) is 12.0 Å². The van der Waals surface area contributed by atoms with E-state index >= 15 is 0 Å². The van der Waals surface area contributed by atoms with Gasteiger partial charge in [-0.3, -0.25) is 19.7 Å². The van der Waals surface area contributed by atoms with Crippen LogP contribution in [0.4, 0.5) is 18.9 Å². The molecule has 11 heteroatoms. The van der Waals surface area contributed by atoms with Crippen LogP contribution in [0.1, 0.15) is 39.4 Å². The number of anilines is 1. The Labute approximate surface area is 259 Å². The SMILES string of the molecule is CNC(=O)C(COC(=O)Cc1ccc(NC(=O)c2ccccc2C2C=CC(C(F)(F)F)=CC2)cc1)(c1ccccc1)C(O)NC. The van der Waals surface area contributed by atoms with E-state index in [-0.39, 0.29) is 18.8 Å². The largest absolute Gasteiger partial charge is 0.464 e. The van der Waals surface area contributed by atoms with Crippen molar-refractivity contribution in [3.05, 3.63) is 125 Å². The highest BCUT2D eigenvalue weighted by atomic mass is 19.4. The summed E-state index contributed by atoms with van der Waals surface area (Å²) >= 11 is 0. The predicted molar refractivity (Wildman–Crippen MR) is 163 cm³/mol. The number of allylic oxidation sites excluding steroid dienone is 4. The number of hydrogen-bond donors (Lipinski definition) is 4. The maximum atomic E-state index is 13.2. The molecule has 4 N–H and O–H groups in total. The van der Waals surface area contributed by atoms with E-state index < -0.39 is 47.8 Å². The van der Waals surface area contributed by atoms with E-state index in [2.05, 4.69) is 16.0 Å². The number of aliphatic hydroxyl groups excluding tert-OH is 1. The topological polar surface area (TPSA) is 117 Å². The molecule has 3 aromatic rings. The van der Waals surface area contributed by atoms with Gasteiger partial charge in [0.2, 0.25) is 5.91 Å². The fourth-order valence-electron chi connectivity index (χ4n) is 5.25. The number of hydrogen-bond acceptors (Lipinski definition) is 6. The van der Waals surface area contributed by atoms with Gasteiger partial charge < -0.3 is 20.5 Å². The highest BCUT2D eigenvalue weighted by Crippen LogP contribution is 2.35. The van der Waals surface area contributed by atoms with E-state index in [0.717, 1.165) is 12.2 Å². The lowest BCUT2D eigenvalue weighted by atomic mass is 9.78. The lowest BCUT2D eigenvalue weighted by Gasteiger charge is -2.35. The fraction of sp³-hybridized carbons (Fsp3) is 0.265. The Morgan fingerprint density at radius 3 is 2.22 bits per heavy atom. The van der Waals surface area contributed by atoms with E-state index in [4.69, 9.17) is 4.74 Å². The van der Waals surface area contributed by atoms with Crippen LogP contribution in [0.5, 0.6) is 0 Å². The molecule has 3 atom stereocenters. The van der Waals surface area contributed by atoms with E-state index in [1.54, 1.807) is 78.9 Å². The third-order valence-corrected chi connectivity index (χ3v) is 7.71. The summed E-state index contributed by atoms with van der Waals surface area (Å²) in [4.78, 5) is 39.0. The molecule has 0 radical (unpaired) electrons. The molecule has 1 aliphatic carbocycles. The average Bonchev–Trinajstić information content (AvgIpc) is 3.05.